The number of carbonyl (C=O) groups is 2. The minimum atomic E-state index is -4.38. The molecule has 0 fully saturated rings. The van der Waals surface area contributed by atoms with E-state index in [-0.39, 0.29) is 25.6 Å². The summed E-state index contributed by atoms with van der Waals surface area (Å²) in [5.41, 5.74) is 0. The zero-order valence-corrected chi connectivity index (χ0v) is 53.8. The number of rotatable bonds is 63. The molecule has 79 heavy (non-hydrogen) atoms. The number of esters is 2. The molecule has 0 saturated heterocycles. The van der Waals surface area contributed by atoms with Gasteiger partial charge in [0.05, 0.1) is 27.7 Å². The van der Waals surface area contributed by atoms with Crippen LogP contribution < -0.4 is 0 Å². The Morgan fingerprint density at radius 1 is 0.405 bits per heavy atom. The number of likely N-dealkylation sites (N-methyl/N-ethyl adjacent to an activating group) is 1. The lowest BCUT2D eigenvalue weighted by molar-refractivity contribution is -0.870. The highest BCUT2D eigenvalue weighted by Crippen LogP contribution is 2.43. The lowest BCUT2D eigenvalue weighted by atomic mass is 10.0. The highest BCUT2D eigenvalue weighted by molar-refractivity contribution is 7.47. The van der Waals surface area contributed by atoms with Crippen LogP contribution in [0.3, 0.4) is 0 Å². The number of ether oxygens (including phenoxy) is 2. The summed E-state index contributed by atoms with van der Waals surface area (Å²) in [4.78, 5) is 35.8. The Labute approximate surface area is 490 Å². The topological polar surface area (TPSA) is 108 Å². The predicted octanol–water partition coefficient (Wildman–Crippen LogP) is 21.7. The van der Waals surface area contributed by atoms with Crippen LogP contribution in [0.1, 0.15) is 328 Å². The van der Waals surface area contributed by atoms with E-state index in [0.717, 1.165) is 57.8 Å². The fourth-order valence-corrected chi connectivity index (χ4v) is 10.7. The van der Waals surface area contributed by atoms with Gasteiger partial charge in [0.2, 0.25) is 0 Å². The van der Waals surface area contributed by atoms with Crippen LogP contribution >= 0.6 is 7.82 Å². The Bertz CT molecular complexity index is 1470. The maximum atomic E-state index is 12.9. The summed E-state index contributed by atoms with van der Waals surface area (Å²) in [6.07, 6.45) is 77.9. The molecule has 2 unspecified atom stereocenters. The Morgan fingerprint density at radius 2 is 0.722 bits per heavy atom. The zero-order valence-electron chi connectivity index (χ0n) is 52.9. The molecule has 0 bridgehead atoms. The van der Waals surface area contributed by atoms with Crippen LogP contribution in [-0.2, 0) is 32.7 Å². The Kier molecular flexibility index (Phi) is 59.0. The Hall–Kier alpha value is -2.03. The van der Waals surface area contributed by atoms with Crippen LogP contribution in [0.5, 0.6) is 0 Å². The van der Waals surface area contributed by atoms with Crippen LogP contribution in [0.15, 0.2) is 48.6 Å². The lowest BCUT2D eigenvalue weighted by Gasteiger charge is -2.24. The van der Waals surface area contributed by atoms with Gasteiger partial charge in [0, 0.05) is 12.8 Å². The summed E-state index contributed by atoms with van der Waals surface area (Å²) in [6, 6.07) is 0. The highest BCUT2D eigenvalue weighted by Gasteiger charge is 2.27. The first-order valence-electron chi connectivity index (χ1n) is 33.9. The van der Waals surface area contributed by atoms with E-state index in [1.54, 1.807) is 0 Å². The normalized spacial score (nSPS) is 13.4. The van der Waals surface area contributed by atoms with Crippen LogP contribution in [0, 0.1) is 0 Å². The summed E-state index contributed by atoms with van der Waals surface area (Å²) in [5.74, 6) is -0.776. The standard InChI is InChI=1S/C69H130NO8P/c1-6-8-10-12-14-16-18-20-22-24-26-27-28-29-30-31-32-33-34-35-36-37-38-39-40-41-42-43-44-46-48-50-52-54-56-58-60-62-69(72)78-67(66-77-79(73,74)76-64-63-70(3,4)5)65-75-68(71)61-59-57-55-53-51-49-47-45-25-23-21-19-17-15-13-11-9-7-2/h8,10,14,16,20,22,26-27,67H,6-7,9,11-13,15,17-19,21,23-25,28-66H2,1-5H3/p+1/b10-8-,16-14-,22-20-,27-26-. The largest absolute Gasteiger partial charge is 0.472 e. The molecule has 1 N–H and O–H groups in total. The van der Waals surface area contributed by atoms with Gasteiger partial charge in [-0.1, -0.05) is 313 Å². The third kappa shape index (κ3) is 65.0. The summed E-state index contributed by atoms with van der Waals surface area (Å²) < 4.78 is 34.7. The van der Waals surface area contributed by atoms with E-state index in [1.165, 1.54) is 238 Å². The van der Waals surface area contributed by atoms with Crippen LogP contribution in [0.2, 0.25) is 0 Å². The number of hydrogen-bond acceptors (Lipinski definition) is 7. The molecule has 0 spiro atoms. The van der Waals surface area contributed by atoms with Crippen LogP contribution in [0.25, 0.3) is 0 Å². The van der Waals surface area contributed by atoms with Crippen molar-refractivity contribution in [2.75, 3.05) is 47.5 Å². The molecule has 0 aliphatic heterocycles. The van der Waals surface area contributed by atoms with Gasteiger partial charge >= 0.3 is 19.8 Å². The summed E-state index contributed by atoms with van der Waals surface area (Å²) >= 11 is 0. The number of hydrogen-bond donors (Lipinski definition) is 1. The molecule has 0 aliphatic carbocycles. The molecule has 9 nitrogen and oxygen atoms in total. The average Bonchev–Trinajstić information content (AvgIpc) is 3.41. The molecule has 0 amide bonds. The first-order chi connectivity index (χ1) is 38.5. The molecule has 464 valence electrons. The maximum Gasteiger partial charge on any atom is 0.472 e. The molecule has 2 atom stereocenters. The van der Waals surface area contributed by atoms with Gasteiger partial charge in [-0.25, -0.2) is 4.57 Å². The molecule has 0 rings (SSSR count). The van der Waals surface area contributed by atoms with Gasteiger partial charge in [0.15, 0.2) is 6.10 Å². The van der Waals surface area contributed by atoms with E-state index in [2.05, 4.69) is 62.5 Å². The van der Waals surface area contributed by atoms with Gasteiger partial charge in [-0.3, -0.25) is 18.6 Å². The van der Waals surface area contributed by atoms with Gasteiger partial charge in [0.25, 0.3) is 0 Å². The highest BCUT2D eigenvalue weighted by atomic mass is 31.2. The van der Waals surface area contributed by atoms with Gasteiger partial charge in [0.1, 0.15) is 19.8 Å². The molecule has 0 aromatic carbocycles. The summed E-state index contributed by atoms with van der Waals surface area (Å²) in [7, 11) is 1.50. The Morgan fingerprint density at radius 3 is 1.08 bits per heavy atom. The van der Waals surface area contributed by atoms with Crippen molar-refractivity contribution in [1.82, 2.24) is 0 Å². The number of phosphoric acid groups is 1. The van der Waals surface area contributed by atoms with Crippen molar-refractivity contribution < 1.29 is 42.1 Å². The monoisotopic (exact) mass is 1130 g/mol. The zero-order chi connectivity index (χ0) is 57.7. The van der Waals surface area contributed by atoms with Crippen molar-refractivity contribution in [3.63, 3.8) is 0 Å². The first kappa shape index (κ1) is 77.0. The van der Waals surface area contributed by atoms with Crippen molar-refractivity contribution in [3.05, 3.63) is 48.6 Å². The average molecular weight is 1130 g/mol. The van der Waals surface area contributed by atoms with Crippen molar-refractivity contribution in [3.8, 4) is 0 Å². The van der Waals surface area contributed by atoms with Crippen molar-refractivity contribution in [1.29, 1.82) is 0 Å². The quantitative estimate of drug-likeness (QED) is 0.0211. The SMILES string of the molecule is CC/C=C\C/C=C\C/C=C\C/C=C\CCCCCCCCCCCCCCCCCCCCCCCCCCC(=O)OC(COC(=O)CCCCCCCCCCCCCCCCCCCC)COP(=O)(O)OCC[N+](C)(C)C. The molecule has 10 heteroatoms. The van der Waals surface area contributed by atoms with E-state index in [4.69, 9.17) is 18.5 Å². The lowest BCUT2D eigenvalue weighted by Crippen LogP contribution is -2.37. The van der Waals surface area contributed by atoms with E-state index < -0.39 is 26.5 Å². The number of unbranched alkanes of at least 4 members (excludes halogenated alkanes) is 41. The fourth-order valence-electron chi connectivity index (χ4n) is 9.95. The first-order valence-corrected chi connectivity index (χ1v) is 35.4. The second kappa shape index (κ2) is 60.6. The minimum absolute atomic E-state index is 0.0350. The van der Waals surface area contributed by atoms with Crippen LogP contribution in [-0.4, -0.2) is 74.9 Å². The number of quaternary nitrogens is 1. The van der Waals surface area contributed by atoms with E-state index >= 15 is 0 Å². The third-order valence-corrected chi connectivity index (χ3v) is 16.1. The van der Waals surface area contributed by atoms with Crippen molar-refractivity contribution >= 4 is 19.8 Å². The van der Waals surface area contributed by atoms with Gasteiger partial charge in [-0.15, -0.1) is 0 Å². The van der Waals surface area contributed by atoms with E-state index in [9.17, 15) is 19.0 Å². The molecule has 0 saturated carbocycles. The number of phosphoric ester groups is 1. The van der Waals surface area contributed by atoms with Gasteiger partial charge < -0.3 is 18.9 Å². The van der Waals surface area contributed by atoms with Gasteiger partial charge in [-0.05, 0) is 51.4 Å². The number of carbonyl (C=O) groups excluding carboxylic acids is 2. The molecular weight excluding hydrogens is 1000 g/mol. The van der Waals surface area contributed by atoms with E-state index in [1.807, 2.05) is 21.1 Å². The summed E-state index contributed by atoms with van der Waals surface area (Å²) in [5, 5.41) is 0. The van der Waals surface area contributed by atoms with Crippen molar-refractivity contribution in [2.24, 2.45) is 0 Å². The maximum absolute atomic E-state index is 12.9. The molecular formula is C69H131NO8P+. The second-order valence-electron chi connectivity index (χ2n) is 24.2. The fraction of sp³-hybridized carbons (Fsp3) is 0.855. The predicted molar refractivity (Wildman–Crippen MR) is 340 cm³/mol. The van der Waals surface area contributed by atoms with Crippen molar-refractivity contribution in [2.45, 2.75) is 335 Å². The third-order valence-electron chi connectivity index (χ3n) is 15.1. The Balaban J connectivity index is 3.93. The van der Waals surface area contributed by atoms with Crippen LogP contribution in [0.4, 0.5) is 0 Å². The molecule has 0 aliphatic rings. The molecule has 0 aromatic rings. The molecule has 0 radical (unpaired) electrons. The van der Waals surface area contributed by atoms with Gasteiger partial charge in [-0.2, -0.15) is 0 Å². The smallest absolute Gasteiger partial charge is 0.462 e. The molecule has 0 aromatic heterocycles. The second-order valence-corrected chi connectivity index (χ2v) is 25.6. The number of nitrogens with zero attached hydrogens (tertiary/aromatic N) is 1. The molecule has 0 heterocycles. The minimum Gasteiger partial charge on any atom is -0.462 e. The number of allylic oxidation sites excluding steroid dienone is 8. The van der Waals surface area contributed by atoms with E-state index in [0.29, 0.717) is 23.9 Å². The summed E-state index contributed by atoms with van der Waals surface area (Å²) in [6.45, 7) is 4.38.